The number of hydrogen-bond acceptors (Lipinski definition) is 4. The van der Waals surface area contributed by atoms with Gasteiger partial charge in [-0.3, -0.25) is 4.79 Å². The van der Waals surface area contributed by atoms with E-state index < -0.39 is 5.97 Å². The molecule has 0 saturated heterocycles. The van der Waals surface area contributed by atoms with Crippen LogP contribution in [0.4, 0.5) is 10.1 Å². The van der Waals surface area contributed by atoms with Crippen molar-refractivity contribution in [1.29, 1.82) is 0 Å². The lowest BCUT2D eigenvalue weighted by molar-refractivity contribution is -0.142. The summed E-state index contributed by atoms with van der Waals surface area (Å²) in [7, 11) is 1.30. The molecule has 32 heavy (non-hydrogen) atoms. The van der Waals surface area contributed by atoms with Gasteiger partial charge in [0.15, 0.2) is 6.61 Å². The molecule has 164 valence electrons. The Bertz CT molecular complexity index is 1160. The molecule has 3 aromatic carbocycles. The third-order valence-electron chi connectivity index (χ3n) is 5.68. The van der Waals surface area contributed by atoms with Gasteiger partial charge in [0.2, 0.25) is 5.91 Å². The molecule has 6 heteroatoms. The normalized spacial score (nSPS) is 14.5. The molecule has 1 unspecified atom stereocenters. The van der Waals surface area contributed by atoms with Crippen molar-refractivity contribution in [3.05, 3.63) is 83.7 Å². The third-order valence-corrected chi connectivity index (χ3v) is 5.68. The minimum absolute atomic E-state index is 0.0934. The van der Waals surface area contributed by atoms with Gasteiger partial charge in [0.1, 0.15) is 11.6 Å². The Morgan fingerprint density at radius 3 is 2.56 bits per heavy atom. The van der Waals surface area contributed by atoms with Crippen LogP contribution in [0.25, 0.3) is 11.1 Å². The van der Waals surface area contributed by atoms with Crippen molar-refractivity contribution in [2.75, 3.05) is 18.6 Å². The number of amides is 1. The molecule has 0 aliphatic heterocycles. The number of benzene rings is 3. The highest BCUT2D eigenvalue weighted by Gasteiger charge is 2.31. The average Bonchev–Trinajstić information content (AvgIpc) is 3.20. The van der Waals surface area contributed by atoms with Crippen LogP contribution in [0.3, 0.4) is 0 Å². The summed E-state index contributed by atoms with van der Waals surface area (Å²) in [4.78, 5) is 25.9. The fourth-order valence-electron chi connectivity index (χ4n) is 4.20. The predicted molar refractivity (Wildman–Crippen MR) is 120 cm³/mol. The molecule has 1 aliphatic carbocycles. The average molecular weight is 433 g/mol. The summed E-state index contributed by atoms with van der Waals surface area (Å²) in [5.74, 6) is -0.378. The zero-order chi connectivity index (χ0) is 22.7. The number of esters is 1. The van der Waals surface area contributed by atoms with Gasteiger partial charge in [-0.15, -0.1) is 0 Å². The smallest absolute Gasteiger partial charge is 0.343 e. The first-order valence-corrected chi connectivity index (χ1v) is 10.4. The van der Waals surface area contributed by atoms with E-state index in [1.54, 1.807) is 29.2 Å². The zero-order valence-electron chi connectivity index (χ0n) is 18.0. The first kappa shape index (κ1) is 21.6. The topological polar surface area (TPSA) is 55.8 Å². The van der Waals surface area contributed by atoms with Crippen LogP contribution in [-0.2, 0) is 20.7 Å². The Morgan fingerprint density at radius 1 is 1.03 bits per heavy atom. The largest absolute Gasteiger partial charge is 0.482 e. The second kappa shape index (κ2) is 9.22. The lowest BCUT2D eigenvalue weighted by Crippen LogP contribution is -2.32. The molecule has 0 radical (unpaired) electrons. The van der Waals surface area contributed by atoms with Crippen molar-refractivity contribution in [3.8, 4) is 16.9 Å². The van der Waals surface area contributed by atoms with Crippen LogP contribution in [0.2, 0.25) is 0 Å². The van der Waals surface area contributed by atoms with Crippen molar-refractivity contribution < 1.29 is 23.5 Å². The van der Waals surface area contributed by atoms with Gasteiger partial charge in [0.25, 0.3) is 0 Å². The Hall–Kier alpha value is -3.67. The Balaban J connectivity index is 1.66. The number of methoxy groups -OCH3 is 1. The maximum absolute atomic E-state index is 13.7. The number of anilines is 1. The highest BCUT2D eigenvalue weighted by molar-refractivity contribution is 5.93. The van der Waals surface area contributed by atoms with E-state index in [9.17, 15) is 14.0 Å². The van der Waals surface area contributed by atoms with Gasteiger partial charge in [-0.2, -0.15) is 0 Å². The van der Waals surface area contributed by atoms with Crippen molar-refractivity contribution >= 4 is 17.6 Å². The molecule has 4 rings (SSSR count). The van der Waals surface area contributed by atoms with Crippen LogP contribution >= 0.6 is 0 Å². The molecule has 5 nitrogen and oxygen atoms in total. The van der Waals surface area contributed by atoms with E-state index in [0.717, 1.165) is 29.5 Å². The van der Waals surface area contributed by atoms with Gasteiger partial charge in [-0.05, 0) is 65.4 Å². The number of carbonyl (C=O) groups excluding carboxylic acids is 2. The second-order valence-corrected chi connectivity index (χ2v) is 7.73. The summed E-state index contributed by atoms with van der Waals surface area (Å²) in [6.07, 6.45) is 1.64. The van der Waals surface area contributed by atoms with Gasteiger partial charge in [-0.1, -0.05) is 30.3 Å². The number of halogens is 1. The Kier molecular flexibility index (Phi) is 6.21. The molecule has 1 aliphatic rings. The van der Waals surface area contributed by atoms with E-state index >= 15 is 0 Å². The van der Waals surface area contributed by atoms with E-state index in [2.05, 4.69) is 16.9 Å². The van der Waals surface area contributed by atoms with Crippen LogP contribution in [0, 0.1) is 5.82 Å². The molecule has 0 aromatic heterocycles. The predicted octanol–water partition coefficient (Wildman–Crippen LogP) is 5.08. The van der Waals surface area contributed by atoms with Crippen LogP contribution in [0.1, 0.15) is 30.5 Å². The summed E-state index contributed by atoms with van der Waals surface area (Å²) in [5, 5.41) is 0. The van der Waals surface area contributed by atoms with Gasteiger partial charge in [-0.25, -0.2) is 9.18 Å². The third kappa shape index (κ3) is 4.49. The van der Waals surface area contributed by atoms with Crippen molar-refractivity contribution in [3.63, 3.8) is 0 Å². The molecule has 0 bridgehead atoms. The highest BCUT2D eigenvalue weighted by atomic mass is 19.1. The molecule has 0 fully saturated rings. The monoisotopic (exact) mass is 433 g/mol. The molecule has 0 saturated carbocycles. The van der Waals surface area contributed by atoms with Gasteiger partial charge in [0.05, 0.1) is 13.2 Å². The number of aryl methyl sites for hydroxylation is 1. The van der Waals surface area contributed by atoms with E-state index in [4.69, 9.17) is 4.74 Å². The second-order valence-electron chi connectivity index (χ2n) is 7.73. The summed E-state index contributed by atoms with van der Waals surface area (Å²) in [5.41, 5.74) is 4.64. The molecule has 0 heterocycles. The van der Waals surface area contributed by atoms with Gasteiger partial charge >= 0.3 is 5.97 Å². The number of carbonyl (C=O) groups is 2. The minimum Gasteiger partial charge on any atom is -0.482 e. The number of ether oxygens (including phenoxy) is 2. The molecule has 1 amide bonds. The van der Waals surface area contributed by atoms with Crippen molar-refractivity contribution in [2.24, 2.45) is 0 Å². The standard InChI is InChI=1S/C26H24FNO4/c1-17(29)28(22-7-4-8-23(15-22)32-16-26(30)31-2)25-12-11-18-9-10-20(14-24(18)25)19-5-3-6-21(27)13-19/h3-10,13-15,25H,11-12,16H2,1-2H3. The summed E-state index contributed by atoms with van der Waals surface area (Å²) in [6.45, 7) is 1.33. The lowest BCUT2D eigenvalue weighted by atomic mass is 9.98. The molecule has 0 N–H and O–H groups in total. The first-order valence-electron chi connectivity index (χ1n) is 10.4. The summed E-state index contributed by atoms with van der Waals surface area (Å²) >= 11 is 0. The highest BCUT2D eigenvalue weighted by Crippen LogP contribution is 2.41. The van der Waals surface area contributed by atoms with E-state index in [-0.39, 0.29) is 24.4 Å². The fraction of sp³-hybridized carbons (Fsp3) is 0.231. The maximum atomic E-state index is 13.7. The summed E-state index contributed by atoms with van der Waals surface area (Å²) in [6, 6.07) is 19.6. The quantitative estimate of drug-likeness (QED) is 0.509. The molecule has 0 spiro atoms. The fourth-order valence-corrected chi connectivity index (χ4v) is 4.20. The SMILES string of the molecule is COC(=O)COc1cccc(N(C(C)=O)C2CCc3ccc(-c4cccc(F)c4)cc32)c1. The number of nitrogens with zero attached hydrogens (tertiary/aromatic N) is 1. The Morgan fingerprint density at radius 2 is 1.81 bits per heavy atom. The molecule has 1 atom stereocenters. The van der Waals surface area contributed by atoms with Crippen LogP contribution in [-0.4, -0.2) is 25.6 Å². The first-order chi connectivity index (χ1) is 15.5. The van der Waals surface area contributed by atoms with Crippen molar-refractivity contribution in [1.82, 2.24) is 0 Å². The minimum atomic E-state index is -0.478. The van der Waals surface area contributed by atoms with E-state index in [0.29, 0.717) is 11.4 Å². The molecular formula is C26H24FNO4. The van der Waals surface area contributed by atoms with Gasteiger partial charge < -0.3 is 14.4 Å². The van der Waals surface area contributed by atoms with Gasteiger partial charge in [0, 0.05) is 18.7 Å². The molecule has 3 aromatic rings. The van der Waals surface area contributed by atoms with E-state index in [1.165, 1.54) is 31.7 Å². The molecular weight excluding hydrogens is 409 g/mol. The van der Waals surface area contributed by atoms with Crippen LogP contribution < -0.4 is 9.64 Å². The maximum Gasteiger partial charge on any atom is 0.343 e. The van der Waals surface area contributed by atoms with Crippen LogP contribution in [0.15, 0.2) is 66.7 Å². The zero-order valence-corrected chi connectivity index (χ0v) is 18.0. The van der Waals surface area contributed by atoms with Crippen LogP contribution in [0.5, 0.6) is 5.75 Å². The van der Waals surface area contributed by atoms with E-state index in [1.807, 2.05) is 18.2 Å². The van der Waals surface area contributed by atoms with Crippen molar-refractivity contribution in [2.45, 2.75) is 25.8 Å². The Labute approximate surface area is 186 Å². The number of fused-ring (bicyclic) bond motifs is 1. The lowest BCUT2D eigenvalue weighted by Gasteiger charge is -2.29. The number of rotatable bonds is 6. The summed E-state index contributed by atoms with van der Waals surface area (Å²) < 4.78 is 23.9. The number of hydrogen-bond donors (Lipinski definition) is 0.